The highest BCUT2D eigenvalue weighted by atomic mass is 79.9. The van der Waals surface area contributed by atoms with E-state index in [9.17, 15) is 0 Å². The van der Waals surface area contributed by atoms with Crippen LogP contribution in [0.25, 0.3) is 10.9 Å². The summed E-state index contributed by atoms with van der Waals surface area (Å²) in [5.41, 5.74) is 2.13. The van der Waals surface area contributed by atoms with Crippen LogP contribution in [0.1, 0.15) is 19.4 Å². The molecule has 1 aromatic heterocycles. The number of pyridine rings is 1. The van der Waals surface area contributed by atoms with Crippen molar-refractivity contribution < 1.29 is 0 Å². The molecule has 0 atom stereocenters. The van der Waals surface area contributed by atoms with Crippen molar-refractivity contribution >= 4 is 38.4 Å². The molecule has 0 saturated carbocycles. The van der Waals surface area contributed by atoms with Gasteiger partial charge < -0.3 is 0 Å². The van der Waals surface area contributed by atoms with Crippen molar-refractivity contribution in [3.63, 3.8) is 0 Å². The smallest absolute Gasteiger partial charge is 0.143 e. The van der Waals surface area contributed by atoms with Gasteiger partial charge in [-0.2, -0.15) is 0 Å². The summed E-state index contributed by atoms with van der Waals surface area (Å²) in [6, 6.07) is 8.10. The standard InChI is InChI=1S/C10H7BrClN.C2H6/c1-6-2-3-7-5-8(11)10(12)13-9(7)4-6;1-2/h2-5H,1H3;1-2H3. The predicted octanol–water partition coefficient (Wildman–Crippen LogP) is 4.99. The van der Waals surface area contributed by atoms with Crippen LogP contribution in [0.2, 0.25) is 5.15 Å². The van der Waals surface area contributed by atoms with E-state index in [-0.39, 0.29) is 0 Å². The number of nitrogens with zero attached hydrogens (tertiary/aromatic N) is 1. The van der Waals surface area contributed by atoms with Gasteiger partial charge in [0.2, 0.25) is 0 Å². The Balaban J connectivity index is 0.000000531. The Morgan fingerprint density at radius 1 is 1.20 bits per heavy atom. The van der Waals surface area contributed by atoms with E-state index in [1.165, 1.54) is 5.56 Å². The highest BCUT2D eigenvalue weighted by Gasteiger charge is 2.01. The molecule has 0 aliphatic carbocycles. The van der Waals surface area contributed by atoms with Crippen LogP contribution in [-0.2, 0) is 0 Å². The second-order valence-electron chi connectivity index (χ2n) is 2.96. The van der Waals surface area contributed by atoms with E-state index >= 15 is 0 Å². The molecule has 2 rings (SSSR count). The maximum absolute atomic E-state index is 5.88. The maximum Gasteiger partial charge on any atom is 0.143 e. The third kappa shape index (κ3) is 2.93. The molecule has 0 fully saturated rings. The van der Waals surface area contributed by atoms with Crippen molar-refractivity contribution in [2.75, 3.05) is 0 Å². The zero-order valence-corrected chi connectivity index (χ0v) is 11.4. The molecular formula is C12H13BrClN. The van der Waals surface area contributed by atoms with Gasteiger partial charge in [0.15, 0.2) is 0 Å². The second-order valence-corrected chi connectivity index (χ2v) is 4.17. The first-order chi connectivity index (χ1) is 7.16. The average molecular weight is 287 g/mol. The molecule has 0 unspecified atom stereocenters. The molecule has 15 heavy (non-hydrogen) atoms. The van der Waals surface area contributed by atoms with E-state index in [1.807, 2.05) is 39.0 Å². The van der Waals surface area contributed by atoms with Gasteiger partial charge in [0.05, 0.1) is 9.99 Å². The lowest BCUT2D eigenvalue weighted by Gasteiger charge is -2.00. The molecule has 0 spiro atoms. The zero-order valence-electron chi connectivity index (χ0n) is 9.01. The van der Waals surface area contributed by atoms with Crippen LogP contribution in [0, 0.1) is 6.92 Å². The fourth-order valence-corrected chi connectivity index (χ4v) is 1.71. The summed E-state index contributed by atoms with van der Waals surface area (Å²) in [4.78, 5) is 4.25. The number of fused-ring (bicyclic) bond motifs is 1. The first kappa shape index (κ1) is 12.5. The average Bonchev–Trinajstić information content (AvgIpc) is 2.23. The number of hydrogen-bond acceptors (Lipinski definition) is 1. The predicted molar refractivity (Wildman–Crippen MR) is 70.5 cm³/mol. The Labute approximate surface area is 104 Å². The molecule has 0 N–H and O–H groups in total. The van der Waals surface area contributed by atoms with Gasteiger partial charge in [-0.05, 0) is 40.5 Å². The highest BCUT2D eigenvalue weighted by Crippen LogP contribution is 2.25. The molecule has 0 amide bonds. The van der Waals surface area contributed by atoms with E-state index in [0.717, 1.165) is 15.4 Å². The molecule has 1 nitrogen and oxygen atoms in total. The van der Waals surface area contributed by atoms with Gasteiger partial charge in [-0.1, -0.05) is 37.6 Å². The largest absolute Gasteiger partial charge is 0.235 e. The molecule has 0 aliphatic rings. The minimum atomic E-state index is 0.512. The molecule has 3 heteroatoms. The van der Waals surface area contributed by atoms with Gasteiger partial charge in [0, 0.05) is 5.39 Å². The summed E-state index contributed by atoms with van der Waals surface area (Å²) in [5.74, 6) is 0. The number of aromatic nitrogens is 1. The van der Waals surface area contributed by atoms with Gasteiger partial charge in [-0.3, -0.25) is 0 Å². The molecular weight excluding hydrogens is 273 g/mol. The Bertz CT molecular complexity index is 468. The van der Waals surface area contributed by atoms with Gasteiger partial charge >= 0.3 is 0 Å². The monoisotopic (exact) mass is 285 g/mol. The lowest BCUT2D eigenvalue weighted by molar-refractivity contribution is 1.37. The second kappa shape index (κ2) is 5.47. The molecule has 80 valence electrons. The van der Waals surface area contributed by atoms with Gasteiger partial charge in [-0.15, -0.1) is 0 Å². The molecule has 0 aliphatic heterocycles. The van der Waals surface area contributed by atoms with Crippen LogP contribution in [0.3, 0.4) is 0 Å². The van der Waals surface area contributed by atoms with E-state index in [0.29, 0.717) is 5.15 Å². The van der Waals surface area contributed by atoms with Crippen LogP contribution >= 0.6 is 27.5 Å². The minimum Gasteiger partial charge on any atom is -0.235 e. The van der Waals surface area contributed by atoms with Crippen LogP contribution in [0.5, 0.6) is 0 Å². The van der Waals surface area contributed by atoms with Crippen molar-refractivity contribution in [3.8, 4) is 0 Å². The lowest BCUT2D eigenvalue weighted by Crippen LogP contribution is -1.82. The Kier molecular flexibility index (Phi) is 4.55. The summed E-state index contributed by atoms with van der Waals surface area (Å²) < 4.78 is 0.838. The third-order valence-corrected chi connectivity index (χ3v) is 3.00. The summed E-state index contributed by atoms with van der Waals surface area (Å²) in [6.45, 7) is 6.04. The first-order valence-electron chi connectivity index (χ1n) is 4.89. The summed E-state index contributed by atoms with van der Waals surface area (Å²) >= 11 is 9.22. The van der Waals surface area contributed by atoms with Crippen LogP contribution in [-0.4, -0.2) is 4.98 Å². The van der Waals surface area contributed by atoms with Gasteiger partial charge in [-0.25, -0.2) is 4.98 Å². The SMILES string of the molecule is CC.Cc1ccc2cc(Br)c(Cl)nc2c1. The number of hydrogen-bond donors (Lipinski definition) is 0. The van der Waals surface area contributed by atoms with E-state index in [2.05, 4.69) is 27.0 Å². The van der Waals surface area contributed by atoms with Crippen molar-refractivity contribution in [3.05, 3.63) is 39.5 Å². The number of rotatable bonds is 0. The van der Waals surface area contributed by atoms with E-state index < -0.39 is 0 Å². The minimum absolute atomic E-state index is 0.512. The normalized spacial score (nSPS) is 9.67. The summed E-state index contributed by atoms with van der Waals surface area (Å²) in [6.07, 6.45) is 0. The third-order valence-electron chi connectivity index (χ3n) is 1.88. The van der Waals surface area contributed by atoms with Gasteiger partial charge in [0.1, 0.15) is 5.15 Å². The van der Waals surface area contributed by atoms with Crippen LogP contribution in [0.4, 0.5) is 0 Å². The number of halogens is 2. The van der Waals surface area contributed by atoms with Crippen LogP contribution in [0.15, 0.2) is 28.7 Å². The Morgan fingerprint density at radius 3 is 2.53 bits per heavy atom. The molecule has 1 heterocycles. The zero-order chi connectivity index (χ0) is 11.4. The Hall–Kier alpha value is -0.600. The number of benzene rings is 1. The van der Waals surface area contributed by atoms with E-state index in [4.69, 9.17) is 11.6 Å². The maximum atomic E-state index is 5.88. The topological polar surface area (TPSA) is 12.9 Å². The van der Waals surface area contributed by atoms with E-state index in [1.54, 1.807) is 0 Å². The first-order valence-corrected chi connectivity index (χ1v) is 6.06. The number of aryl methyl sites for hydroxylation is 1. The fourth-order valence-electron chi connectivity index (χ4n) is 1.23. The molecule has 0 saturated heterocycles. The Morgan fingerprint density at radius 2 is 1.87 bits per heavy atom. The molecule has 2 aromatic rings. The molecule has 1 aromatic carbocycles. The quantitative estimate of drug-likeness (QED) is 0.622. The molecule has 0 bridgehead atoms. The van der Waals surface area contributed by atoms with Crippen molar-refractivity contribution in [2.45, 2.75) is 20.8 Å². The van der Waals surface area contributed by atoms with Crippen LogP contribution < -0.4 is 0 Å². The van der Waals surface area contributed by atoms with Crippen molar-refractivity contribution in [2.24, 2.45) is 0 Å². The van der Waals surface area contributed by atoms with Crippen molar-refractivity contribution in [1.29, 1.82) is 0 Å². The summed E-state index contributed by atoms with van der Waals surface area (Å²) in [5, 5.41) is 1.61. The lowest BCUT2D eigenvalue weighted by atomic mass is 10.1. The molecule has 0 radical (unpaired) electrons. The fraction of sp³-hybridized carbons (Fsp3) is 0.250. The highest BCUT2D eigenvalue weighted by molar-refractivity contribution is 9.10. The van der Waals surface area contributed by atoms with Crippen molar-refractivity contribution in [1.82, 2.24) is 4.98 Å². The summed E-state index contributed by atoms with van der Waals surface area (Å²) in [7, 11) is 0. The van der Waals surface area contributed by atoms with Gasteiger partial charge in [0.25, 0.3) is 0 Å².